The standard InChI is InChI=1S/C18H28N2O/c1-3-18(4-2,14-19)17(21)20-12-8-11-16(20)13-15-9-6-5-7-10-15/h5-7,9-10,16H,3-4,8,11-14,19H2,1-2H3. The lowest BCUT2D eigenvalue weighted by Gasteiger charge is -2.36. The molecule has 116 valence electrons. The molecule has 0 spiro atoms. The zero-order valence-corrected chi connectivity index (χ0v) is 13.3. The highest BCUT2D eigenvalue weighted by molar-refractivity contribution is 5.83. The Kier molecular flexibility index (Phi) is 5.40. The van der Waals surface area contributed by atoms with E-state index >= 15 is 0 Å². The molecule has 1 saturated heterocycles. The van der Waals surface area contributed by atoms with Crippen LogP contribution in [0.2, 0.25) is 0 Å². The van der Waals surface area contributed by atoms with E-state index in [1.807, 2.05) is 6.07 Å². The molecule has 3 heteroatoms. The predicted molar refractivity (Wildman–Crippen MR) is 87.0 cm³/mol. The molecule has 1 fully saturated rings. The van der Waals surface area contributed by atoms with Gasteiger partial charge in [-0.2, -0.15) is 0 Å². The van der Waals surface area contributed by atoms with Crippen LogP contribution in [-0.2, 0) is 11.2 Å². The van der Waals surface area contributed by atoms with Gasteiger partial charge in [-0.3, -0.25) is 4.79 Å². The van der Waals surface area contributed by atoms with Gasteiger partial charge in [-0.1, -0.05) is 44.2 Å². The maximum atomic E-state index is 13.0. The van der Waals surface area contributed by atoms with E-state index in [2.05, 4.69) is 43.0 Å². The van der Waals surface area contributed by atoms with Crippen molar-refractivity contribution in [1.82, 2.24) is 4.90 Å². The van der Waals surface area contributed by atoms with E-state index in [0.717, 1.165) is 38.6 Å². The van der Waals surface area contributed by atoms with Crippen LogP contribution in [0.4, 0.5) is 0 Å². The summed E-state index contributed by atoms with van der Waals surface area (Å²) in [4.78, 5) is 15.1. The number of amides is 1. The number of hydrogen-bond donors (Lipinski definition) is 1. The summed E-state index contributed by atoms with van der Waals surface area (Å²) in [7, 11) is 0. The Hall–Kier alpha value is -1.35. The third-order valence-electron chi connectivity index (χ3n) is 5.15. The fourth-order valence-corrected chi connectivity index (χ4v) is 3.43. The molecule has 2 rings (SSSR count). The van der Waals surface area contributed by atoms with Gasteiger partial charge >= 0.3 is 0 Å². The summed E-state index contributed by atoms with van der Waals surface area (Å²) in [6.07, 6.45) is 4.83. The first-order chi connectivity index (χ1) is 10.2. The highest BCUT2D eigenvalue weighted by atomic mass is 16.2. The van der Waals surface area contributed by atoms with Crippen LogP contribution in [0.3, 0.4) is 0 Å². The van der Waals surface area contributed by atoms with Crippen molar-refractivity contribution in [2.75, 3.05) is 13.1 Å². The second-order valence-corrected chi connectivity index (χ2v) is 6.18. The van der Waals surface area contributed by atoms with E-state index in [4.69, 9.17) is 5.73 Å². The molecule has 1 atom stereocenters. The molecule has 1 aliphatic heterocycles. The number of likely N-dealkylation sites (tertiary alicyclic amines) is 1. The first-order valence-corrected chi connectivity index (χ1v) is 8.22. The Morgan fingerprint density at radius 2 is 1.95 bits per heavy atom. The first kappa shape index (κ1) is 16.0. The summed E-state index contributed by atoms with van der Waals surface area (Å²) < 4.78 is 0. The monoisotopic (exact) mass is 288 g/mol. The topological polar surface area (TPSA) is 46.3 Å². The number of carbonyl (C=O) groups excluding carboxylic acids is 1. The lowest BCUT2D eigenvalue weighted by atomic mass is 9.80. The summed E-state index contributed by atoms with van der Waals surface area (Å²) in [6.45, 7) is 5.50. The number of hydrogen-bond acceptors (Lipinski definition) is 2. The maximum absolute atomic E-state index is 13.0. The second kappa shape index (κ2) is 7.08. The van der Waals surface area contributed by atoms with Crippen LogP contribution in [0, 0.1) is 5.41 Å². The van der Waals surface area contributed by atoms with Crippen molar-refractivity contribution in [2.24, 2.45) is 11.1 Å². The first-order valence-electron chi connectivity index (χ1n) is 8.22. The Morgan fingerprint density at radius 3 is 2.52 bits per heavy atom. The van der Waals surface area contributed by atoms with Crippen LogP contribution >= 0.6 is 0 Å². The molecular weight excluding hydrogens is 260 g/mol. The van der Waals surface area contributed by atoms with Gasteiger partial charge in [0.2, 0.25) is 5.91 Å². The average molecular weight is 288 g/mol. The Balaban J connectivity index is 2.12. The van der Waals surface area contributed by atoms with E-state index in [1.54, 1.807) is 0 Å². The number of rotatable bonds is 6. The minimum absolute atomic E-state index is 0.272. The van der Waals surface area contributed by atoms with Gasteiger partial charge in [-0.05, 0) is 37.7 Å². The minimum Gasteiger partial charge on any atom is -0.339 e. The molecule has 0 saturated carbocycles. The highest BCUT2D eigenvalue weighted by Gasteiger charge is 2.40. The SMILES string of the molecule is CCC(CC)(CN)C(=O)N1CCCC1Cc1ccccc1. The lowest BCUT2D eigenvalue weighted by Crippen LogP contribution is -2.49. The number of nitrogens with two attached hydrogens (primary N) is 1. The fraction of sp³-hybridized carbons (Fsp3) is 0.611. The van der Waals surface area contributed by atoms with E-state index in [9.17, 15) is 4.79 Å². The summed E-state index contributed by atoms with van der Waals surface area (Å²) in [5.74, 6) is 0.272. The van der Waals surface area contributed by atoms with Crippen LogP contribution in [0.1, 0.15) is 45.1 Å². The molecule has 1 aromatic rings. The molecular formula is C18H28N2O. The summed E-state index contributed by atoms with van der Waals surface area (Å²) >= 11 is 0. The molecule has 1 aliphatic rings. The van der Waals surface area contributed by atoms with Gasteiger partial charge in [-0.25, -0.2) is 0 Å². The Labute approximate surface area is 128 Å². The zero-order chi connectivity index (χ0) is 15.3. The van der Waals surface area contributed by atoms with Gasteiger partial charge in [0.05, 0.1) is 5.41 Å². The van der Waals surface area contributed by atoms with Crippen LogP contribution in [-0.4, -0.2) is 29.9 Å². The maximum Gasteiger partial charge on any atom is 0.230 e. The average Bonchev–Trinajstić information content (AvgIpc) is 2.98. The minimum atomic E-state index is -0.362. The van der Waals surface area contributed by atoms with Crippen LogP contribution in [0.5, 0.6) is 0 Å². The third-order valence-corrected chi connectivity index (χ3v) is 5.15. The van der Waals surface area contributed by atoms with Crippen molar-refractivity contribution in [3.8, 4) is 0 Å². The molecule has 21 heavy (non-hydrogen) atoms. The number of nitrogens with zero attached hydrogens (tertiary/aromatic N) is 1. The molecule has 0 aliphatic carbocycles. The van der Waals surface area contributed by atoms with Gasteiger partial charge in [0.1, 0.15) is 0 Å². The normalized spacial score (nSPS) is 19.0. The van der Waals surface area contributed by atoms with Crippen molar-refractivity contribution in [3.63, 3.8) is 0 Å². The molecule has 1 amide bonds. The molecule has 1 unspecified atom stereocenters. The summed E-state index contributed by atoms with van der Waals surface area (Å²) in [5, 5.41) is 0. The largest absolute Gasteiger partial charge is 0.339 e. The number of benzene rings is 1. The van der Waals surface area contributed by atoms with E-state index < -0.39 is 0 Å². The van der Waals surface area contributed by atoms with Gasteiger partial charge in [0.25, 0.3) is 0 Å². The van der Waals surface area contributed by atoms with Crippen LogP contribution in [0.25, 0.3) is 0 Å². The smallest absolute Gasteiger partial charge is 0.230 e. The quantitative estimate of drug-likeness (QED) is 0.874. The molecule has 0 bridgehead atoms. The van der Waals surface area contributed by atoms with E-state index in [1.165, 1.54) is 5.56 Å². The molecule has 3 nitrogen and oxygen atoms in total. The van der Waals surface area contributed by atoms with E-state index in [0.29, 0.717) is 12.6 Å². The predicted octanol–water partition coefficient (Wildman–Crippen LogP) is 2.99. The molecule has 0 radical (unpaired) electrons. The summed E-state index contributed by atoms with van der Waals surface area (Å²) in [5.41, 5.74) is 6.90. The van der Waals surface area contributed by atoms with Gasteiger partial charge in [0, 0.05) is 19.1 Å². The third kappa shape index (κ3) is 3.29. The van der Waals surface area contributed by atoms with Crippen molar-refractivity contribution in [2.45, 2.75) is 52.0 Å². The fourth-order valence-electron chi connectivity index (χ4n) is 3.43. The van der Waals surface area contributed by atoms with Crippen molar-refractivity contribution in [1.29, 1.82) is 0 Å². The molecule has 2 N–H and O–H groups in total. The van der Waals surface area contributed by atoms with Crippen molar-refractivity contribution in [3.05, 3.63) is 35.9 Å². The Morgan fingerprint density at radius 1 is 1.29 bits per heavy atom. The van der Waals surface area contributed by atoms with Crippen LogP contribution in [0.15, 0.2) is 30.3 Å². The van der Waals surface area contributed by atoms with Gasteiger partial charge < -0.3 is 10.6 Å². The van der Waals surface area contributed by atoms with Crippen molar-refractivity contribution < 1.29 is 4.79 Å². The van der Waals surface area contributed by atoms with Gasteiger partial charge in [-0.15, -0.1) is 0 Å². The Bertz CT molecular complexity index is 445. The highest BCUT2D eigenvalue weighted by Crippen LogP contribution is 2.32. The van der Waals surface area contributed by atoms with Crippen molar-refractivity contribution >= 4 is 5.91 Å². The van der Waals surface area contributed by atoms with Crippen LogP contribution < -0.4 is 5.73 Å². The van der Waals surface area contributed by atoms with E-state index in [-0.39, 0.29) is 11.3 Å². The second-order valence-electron chi connectivity index (χ2n) is 6.18. The number of carbonyl (C=O) groups is 1. The molecule has 0 aromatic heterocycles. The molecule has 1 aromatic carbocycles. The zero-order valence-electron chi connectivity index (χ0n) is 13.3. The molecule has 1 heterocycles. The van der Waals surface area contributed by atoms with Gasteiger partial charge in [0.15, 0.2) is 0 Å². The lowest BCUT2D eigenvalue weighted by molar-refractivity contribution is -0.143. The summed E-state index contributed by atoms with van der Waals surface area (Å²) in [6, 6.07) is 10.8.